The van der Waals surface area contributed by atoms with E-state index in [4.69, 9.17) is 4.74 Å². The molecule has 0 aliphatic carbocycles. The lowest BCUT2D eigenvalue weighted by Gasteiger charge is -2.35. The molecule has 1 aromatic carbocycles. The van der Waals surface area contributed by atoms with Crippen molar-refractivity contribution >= 4 is 5.91 Å². The predicted octanol–water partition coefficient (Wildman–Crippen LogP) is 1.72. The fraction of sp³-hybridized carbons (Fsp3) is 0.545. The third-order valence-corrected chi connectivity index (χ3v) is 5.61. The number of ether oxygens (including phenoxy) is 1. The number of hydrogen-bond acceptors (Lipinski definition) is 5. The normalized spacial score (nSPS) is 16.3. The molecule has 0 spiro atoms. The van der Waals surface area contributed by atoms with Gasteiger partial charge in [0.05, 0.1) is 31.0 Å². The molecular weight excluding hydrogens is 368 g/mol. The summed E-state index contributed by atoms with van der Waals surface area (Å²) >= 11 is 0. The quantitative estimate of drug-likeness (QED) is 0.694. The summed E-state index contributed by atoms with van der Waals surface area (Å²) < 4.78 is 6.88. The Kier molecular flexibility index (Phi) is 7.80. The highest BCUT2D eigenvalue weighted by molar-refractivity contribution is 5.93. The molecule has 7 nitrogen and oxygen atoms in total. The van der Waals surface area contributed by atoms with Gasteiger partial charge < -0.3 is 19.6 Å². The number of amides is 1. The molecule has 7 heteroatoms. The van der Waals surface area contributed by atoms with Crippen LogP contribution in [0.25, 0.3) is 0 Å². The molecule has 0 saturated carbocycles. The van der Waals surface area contributed by atoms with E-state index < -0.39 is 0 Å². The molecule has 1 unspecified atom stereocenters. The standard InChI is InChI=1S/C22H32N4O3/c1-24(12-13-29-2)17-21(27)19-8-10-25(11-9-19)22(28)20-14-23-26(16-20)15-18-6-4-3-5-7-18/h3-7,14,16,19,21,27H,8-13,15,17H2,1-2H3. The zero-order valence-corrected chi connectivity index (χ0v) is 17.4. The van der Waals surface area contributed by atoms with Gasteiger partial charge in [-0.15, -0.1) is 0 Å². The molecule has 3 rings (SSSR count). The lowest BCUT2D eigenvalue weighted by molar-refractivity contribution is 0.0292. The summed E-state index contributed by atoms with van der Waals surface area (Å²) in [5, 5.41) is 14.9. The molecule has 2 heterocycles. The second kappa shape index (κ2) is 10.5. The zero-order valence-electron chi connectivity index (χ0n) is 17.4. The largest absolute Gasteiger partial charge is 0.392 e. The first kappa shape index (κ1) is 21.5. The van der Waals surface area contributed by atoms with E-state index in [1.54, 1.807) is 18.0 Å². The molecule has 1 atom stereocenters. The van der Waals surface area contributed by atoms with Crippen molar-refractivity contribution < 1.29 is 14.6 Å². The van der Waals surface area contributed by atoms with Crippen molar-refractivity contribution in [2.24, 2.45) is 5.92 Å². The average molecular weight is 401 g/mol. The van der Waals surface area contributed by atoms with Gasteiger partial charge in [0, 0.05) is 39.5 Å². The monoisotopic (exact) mass is 400 g/mol. The van der Waals surface area contributed by atoms with Gasteiger partial charge in [0.25, 0.3) is 5.91 Å². The van der Waals surface area contributed by atoms with Crippen molar-refractivity contribution in [3.63, 3.8) is 0 Å². The van der Waals surface area contributed by atoms with Crippen LogP contribution in [0.1, 0.15) is 28.8 Å². The lowest BCUT2D eigenvalue weighted by atomic mass is 9.90. The third kappa shape index (κ3) is 6.13. The Labute approximate surface area is 172 Å². The van der Waals surface area contributed by atoms with Crippen LogP contribution in [0.3, 0.4) is 0 Å². The van der Waals surface area contributed by atoms with E-state index in [1.165, 1.54) is 0 Å². The summed E-state index contributed by atoms with van der Waals surface area (Å²) in [6, 6.07) is 10.1. The van der Waals surface area contributed by atoms with E-state index >= 15 is 0 Å². The van der Waals surface area contributed by atoms with Gasteiger partial charge in [-0.25, -0.2) is 0 Å². The number of piperidine rings is 1. The van der Waals surface area contributed by atoms with Crippen molar-refractivity contribution in [2.45, 2.75) is 25.5 Å². The molecular formula is C22H32N4O3. The molecule has 1 fully saturated rings. The molecule has 0 radical (unpaired) electrons. The van der Waals surface area contributed by atoms with E-state index in [-0.39, 0.29) is 17.9 Å². The highest BCUT2D eigenvalue weighted by atomic mass is 16.5. The van der Waals surface area contributed by atoms with E-state index in [0.29, 0.717) is 38.3 Å². The van der Waals surface area contributed by atoms with E-state index in [1.807, 2.05) is 48.5 Å². The lowest BCUT2D eigenvalue weighted by Crippen LogP contribution is -2.44. The first-order valence-corrected chi connectivity index (χ1v) is 10.3. The molecule has 1 saturated heterocycles. The molecule has 29 heavy (non-hydrogen) atoms. The van der Waals surface area contributed by atoms with Crippen LogP contribution in [-0.2, 0) is 11.3 Å². The number of carbonyl (C=O) groups is 1. The van der Waals surface area contributed by atoms with Crippen LogP contribution in [0, 0.1) is 5.92 Å². The molecule has 0 bridgehead atoms. The molecule has 1 aliphatic heterocycles. The molecule has 1 N–H and O–H groups in total. The number of rotatable bonds is 9. The summed E-state index contributed by atoms with van der Waals surface area (Å²) in [5.74, 6) is 0.249. The minimum absolute atomic E-state index is 0.0227. The molecule has 1 amide bonds. The Morgan fingerprint density at radius 3 is 2.72 bits per heavy atom. The summed E-state index contributed by atoms with van der Waals surface area (Å²) in [6.45, 7) is 4.09. The number of methoxy groups -OCH3 is 1. The van der Waals surface area contributed by atoms with Gasteiger partial charge >= 0.3 is 0 Å². The minimum atomic E-state index is -0.372. The van der Waals surface area contributed by atoms with Crippen LogP contribution < -0.4 is 0 Å². The SMILES string of the molecule is COCCN(C)CC(O)C1CCN(C(=O)c2cnn(Cc3ccccc3)c2)CC1. The Hall–Kier alpha value is -2.22. The summed E-state index contributed by atoms with van der Waals surface area (Å²) in [5.41, 5.74) is 1.78. The van der Waals surface area contributed by atoms with Crippen LogP contribution in [0.5, 0.6) is 0 Å². The first-order chi connectivity index (χ1) is 14.1. The van der Waals surface area contributed by atoms with Gasteiger partial charge in [-0.05, 0) is 31.4 Å². The fourth-order valence-electron chi connectivity index (χ4n) is 3.81. The minimum Gasteiger partial charge on any atom is -0.392 e. The number of likely N-dealkylation sites (N-methyl/N-ethyl adjacent to an activating group) is 1. The third-order valence-electron chi connectivity index (χ3n) is 5.61. The number of aliphatic hydroxyl groups is 1. The highest BCUT2D eigenvalue weighted by Crippen LogP contribution is 2.22. The van der Waals surface area contributed by atoms with Gasteiger partial charge in [0.2, 0.25) is 0 Å². The van der Waals surface area contributed by atoms with E-state index in [2.05, 4.69) is 10.00 Å². The number of carbonyl (C=O) groups excluding carboxylic acids is 1. The van der Waals surface area contributed by atoms with E-state index in [9.17, 15) is 9.90 Å². The summed E-state index contributed by atoms with van der Waals surface area (Å²) in [7, 11) is 3.68. The van der Waals surface area contributed by atoms with Gasteiger partial charge in [-0.2, -0.15) is 5.10 Å². The van der Waals surface area contributed by atoms with Crippen LogP contribution in [0.15, 0.2) is 42.7 Å². The van der Waals surface area contributed by atoms with Crippen molar-refractivity contribution in [1.82, 2.24) is 19.6 Å². The first-order valence-electron chi connectivity index (χ1n) is 10.3. The Bertz CT molecular complexity index is 756. The second-order valence-corrected chi connectivity index (χ2v) is 7.86. The van der Waals surface area contributed by atoms with Crippen molar-refractivity contribution in [1.29, 1.82) is 0 Å². The van der Waals surface area contributed by atoms with Crippen LogP contribution in [0.4, 0.5) is 0 Å². The Balaban J connectivity index is 1.47. The molecule has 1 aliphatic rings. The van der Waals surface area contributed by atoms with Crippen LogP contribution in [0.2, 0.25) is 0 Å². The van der Waals surface area contributed by atoms with Crippen LogP contribution >= 0.6 is 0 Å². The number of nitrogens with zero attached hydrogens (tertiary/aromatic N) is 4. The number of likely N-dealkylation sites (tertiary alicyclic amines) is 1. The topological polar surface area (TPSA) is 70.8 Å². The maximum Gasteiger partial charge on any atom is 0.257 e. The number of benzene rings is 1. The zero-order chi connectivity index (χ0) is 20.6. The molecule has 2 aromatic rings. The average Bonchev–Trinajstić information content (AvgIpc) is 3.21. The predicted molar refractivity (Wildman–Crippen MR) is 112 cm³/mol. The number of hydrogen-bond donors (Lipinski definition) is 1. The van der Waals surface area contributed by atoms with Gasteiger partial charge in [0.15, 0.2) is 0 Å². The smallest absolute Gasteiger partial charge is 0.257 e. The van der Waals surface area contributed by atoms with Crippen molar-refractivity contribution in [3.8, 4) is 0 Å². The van der Waals surface area contributed by atoms with Crippen molar-refractivity contribution in [3.05, 3.63) is 53.9 Å². The van der Waals surface area contributed by atoms with Crippen molar-refractivity contribution in [2.75, 3.05) is 46.9 Å². The molecule has 1 aromatic heterocycles. The van der Waals surface area contributed by atoms with Gasteiger partial charge in [0.1, 0.15) is 0 Å². The maximum atomic E-state index is 12.8. The fourth-order valence-corrected chi connectivity index (χ4v) is 3.81. The summed E-state index contributed by atoms with van der Waals surface area (Å²) in [4.78, 5) is 16.8. The van der Waals surface area contributed by atoms with Gasteiger partial charge in [-0.3, -0.25) is 9.48 Å². The molecule has 158 valence electrons. The second-order valence-electron chi connectivity index (χ2n) is 7.86. The Morgan fingerprint density at radius 1 is 1.31 bits per heavy atom. The summed E-state index contributed by atoms with van der Waals surface area (Å²) in [6.07, 6.45) is 4.74. The van der Waals surface area contributed by atoms with E-state index in [0.717, 1.165) is 24.9 Å². The highest BCUT2D eigenvalue weighted by Gasteiger charge is 2.28. The number of aromatic nitrogens is 2. The number of aliphatic hydroxyl groups excluding tert-OH is 1. The maximum absolute atomic E-state index is 12.8. The van der Waals surface area contributed by atoms with Crippen LogP contribution in [-0.4, -0.2) is 83.6 Å². The Morgan fingerprint density at radius 2 is 2.03 bits per heavy atom. The van der Waals surface area contributed by atoms with Gasteiger partial charge in [-0.1, -0.05) is 30.3 Å².